The number of rotatable bonds is 6. The van der Waals surface area contributed by atoms with Crippen LogP contribution in [0.2, 0.25) is 0 Å². The molecule has 2 rings (SSSR count). The highest BCUT2D eigenvalue weighted by Gasteiger charge is 2.09. The minimum Gasteiger partial charge on any atom is -0.483 e. The quantitative estimate of drug-likeness (QED) is 0.252. The lowest BCUT2D eigenvalue weighted by atomic mass is 10.1. The molecule has 0 spiro atoms. The molecule has 0 bridgehead atoms. The molecule has 0 aliphatic rings. The zero-order valence-electron chi connectivity index (χ0n) is 15.4. The number of benzene rings is 2. The number of hydrazine groups is 1. The van der Waals surface area contributed by atoms with Gasteiger partial charge >= 0.3 is 5.97 Å². The smallest absolute Gasteiger partial charge is 0.330 e. The molecular formula is C19H18BrN3O5S. The van der Waals surface area contributed by atoms with E-state index in [1.54, 1.807) is 13.0 Å². The van der Waals surface area contributed by atoms with E-state index in [1.165, 1.54) is 0 Å². The first-order valence-electron chi connectivity index (χ1n) is 8.45. The van der Waals surface area contributed by atoms with Crippen LogP contribution >= 0.6 is 28.1 Å². The molecule has 2 aromatic carbocycles. The molecule has 2 amide bonds. The number of fused-ring (bicyclic) bond motifs is 1. The second-order valence-corrected chi connectivity index (χ2v) is 6.67. The number of carbonyl (C=O) groups excluding carboxylic acids is 3. The first-order chi connectivity index (χ1) is 13.9. The molecule has 0 aliphatic carbocycles. The molecule has 2 aromatic rings. The number of ether oxygens (including phenoxy) is 2. The van der Waals surface area contributed by atoms with Crippen molar-refractivity contribution in [3.63, 3.8) is 0 Å². The molecule has 29 heavy (non-hydrogen) atoms. The van der Waals surface area contributed by atoms with E-state index in [-0.39, 0.29) is 18.3 Å². The number of halogens is 1. The predicted octanol–water partition coefficient (Wildman–Crippen LogP) is 2.12. The summed E-state index contributed by atoms with van der Waals surface area (Å²) in [4.78, 5) is 34.6. The fourth-order valence-corrected chi connectivity index (χ4v) is 2.91. The Labute approximate surface area is 180 Å². The van der Waals surface area contributed by atoms with Gasteiger partial charge in [-0.1, -0.05) is 30.3 Å². The summed E-state index contributed by atoms with van der Waals surface area (Å²) in [5, 5.41) is 4.11. The fraction of sp³-hybridized carbons (Fsp3) is 0.158. The first kappa shape index (κ1) is 22.3. The third-order valence-electron chi connectivity index (χ3n) is 3.40. The van der Waals surface area contributed by atoms with Crippen LogP contribution in [0.1, 0.15) is 6.92 Å². The molecule has 152 valence electrons. The zero-order chi connectivity index (χ0) is 21.2. The highest BCUT2D eigenvalue weighted by molar-refractivity contribution is 9.10. The maximum Gasteiger partial charge on any atom is 0.330 e. The van der Waals surface area contributed by atoms with Crippen LogP contribution in [0.4, 0.5) is 0 Å². The Morgan fingerprint density at radius 2 is 1.86 bits per heavy atom. The van der Waals surface area contributed by atoms with E-state index in [1.807, 2.05) is 30.3 Å². The maximum absolute atomic E-state index is 11.9. The summed E-state index contributed by atoms with van der Waals surface area (Å²) in [6.07, 6.45) is 1.93. The number of amides is 2. The van der Waals surface area contributed by atoms with Crippen LogP contribution in [0.3, 0.4) is 0 Å². The topological polar surface area (TPSA) is 106 Å². The van der Waals surface area contributed by atoms with Crippen molar-refractivity contribution in [2.45, 2.75) is 6.92 Å². The van der Waals surface area contributed by atoms with Crippen molar-refractivity contribution in [1.29, 1.82) is 0 Å². The van der Waals surface area contributed by atoms with Gasteiger partial charge in [0.2, 0.25) is 5.91 Å². The van der Waals surface area contributed by atoms with Gasteiger partial charge in [-0.3, -0.25) is 25.8 Å². The predicted molar refractivity (Wildman–Crippen MR) is 115 cm³/mol. The van der Waals surface area contributed by atoms with Crippen LogP contribution in [0.25, 0.3) is 10.8 Å². The summed E-state index contributed by atoms with van der Waals surface area (Å²) in [7, 11) is 0. The van der Waals surface area contributed by atoms with Crippen molar-refractivity contribution in [1.82, 2.24) is 16.2 Å². The molecule has 3 N–H and O–H groups in total. The molecule has 0 saturated heterocycles. The van der Waals surface area contributed by atoms with Crippen molar-refractivity contribution < 1.29 is 23.9 Å². The Morgan fingerprint density at radius 1 is 1.10 bits per heavy atom. The Hall–Kier alpha value is -2.98. The molecule has 0 aliphatic heterocycles. The Kier molecular flexibility index (Phi) is 8.56. The number of hydrogen-bond acceptors (Lipinski definition) is 6. The first-order valence-corrected chi connectivity index (χ1v) is 9.65. The average Bonchev–Trinajstić information content (AvgIpc) is 2.70. The number of esters is 1. The van der Waals surface area contributed by atoms with Gasteiger partial charge in [0.25, 0.3) is 5.91 Å². The minimum atomic E-state index is -0.652. The highest BCUT2D eigenvalue weighted by atomic mass is 79.9. The van der Waals surface area contributed by atoms with Gasteiger partial charge < -0.3 is 9.47 Å². The lowest BCUT2D eigenvalue weighted by molar-refractivity contribution is -0.137. The van der Waals surface area contributed by atoms with E-state index in [9.17, 15) is 14.4 Å². The largest absolute Gasteiger partial charge is 0.483 e. The Bertz CT molecular complexity index is 964. The summed E-state index contributed by atoms with van der Waals surface area (Å²) in [5.74, 6) is -1.30. The van der Waals surface area contributed by atoms with Gasteiger partial charge in [-0.2, -0.15) is 0 Å². The maximum atomic E-state index is 11.9. The van der Waals surface area contributed by atoms with E-state index < -0.39 is 17.8 Å². The van der Waals surface area contributed by atoms with Crippen molar-refractivity contribution >= 4 is 61.8 Å². The standard InChI is InChI=1S/C19H18BrN3O5S/c1-2-27-17(26)10-9-15(24)21-19(29)23-22-16(25)11-28-14-8-7-12-5-3-4-6-13(12)18(14)20/h3-10H,2,11H2,1H3,(H,22,25)(H2,21,23,24,29)/b10-9+. The van der Waals surface area contributed by atoms with Gasteiger partial charge in [0.15, 0.2) is 11.7 Å². The summed E-state index contributed by atoms with van der Waals surface area (Å²) >= 11 is 8.35. The van der Waals surface area contributed by atoms with Crippen LogP contribution in [0, 0.1) is 0 Å². The van der Waals surface area contributed by atoms with E-state index in [2.05, 4.69) is 36.8 Å². The van der Waals surface area contributed by atoms with Crippen LogP contribution in [0.5, 0.6) is 5.75 Å². The third kappa shape index (κ3) is 7.16. The van der Waals surface area contributed by atoms with Crippen LogP contribution < -0.4 is 20.9 Å². The van der Waals surface area contributed by atoms with Crippen molar-refractivity contribution in [2.24, 2.45) is 0 Å². The second-order valence-electron chi connectivity index (χ2n) is 5.46. The lowest BCUT2D eigenvalue weighted by Crippen LogP contribution is -2.49. The molecule has 0 atom stereocenters. The van der Waals surface area contributed by atoms with Gasteiger partial charge in [-0.25, -0.2) is 4.79 Å². The Balaban J connectivity index is 1.77. The van der Waals surface area contributed by atoms with Crippen LogP contribution in [-0.2, 0) is 19.1 Å². The number of hydrogen-bond donors (Lipinski definition) is 3. The molecule has 0 unspecified atom stereocenters. The monoisotopic (exact) mass is 479 g/mol. The van der Waals surface area contributed by atoms with Crippen molar-refractivity contribution in [3.8, 4) is 5.75 Å². The summed E-state index contributed by atoms with van der Waals surface area (Å²) in [5.41, 5.74) is 4.66. The van der Waals surface area contributed by atoms with Gasteiger partial charge in [0.1, 0.15) is 5.75 Å². The summed E-state index contributed by atoms with van der Waals surface area (Å²) in [6.45, 7) is 1.58. The van der Waals surface area contributed by atoms with E-state index in [0.29, 0.717) is 5.75 Å². The Morgan fingerprint density at radius 3 is 2.62 bits per heavy atom. The average molecular weight is 480 g/mol. The molecule has 0 radical (unpaired) electrons. The molecule has 10 heteroatoms. The van der Waals surface area contributed by atoms with Gasteiger partial charge in [-0.05, 0) is 51.9 Å². The number of thiocarbonyl (C=S) groups is 1. The summed E-state index contributed by atoms with van der Waals surface area (Å²) < 4.78 is 10.9. The SMILES string of the molecule is CCOC(=O)/C=C/C(=O)NC(=S)NNC(=O)COc1ccc2ccccc2c1Br. The highest BCUT2D eigenvalue weighted by Crippen LogP contribution is 2.32. The molecule has 0 fully saturated rings. The van der Waals surface area contributed by atoms with Crippen LogP contribution in [0.15, 0.2) is 53.0 Å². The van der Waals surface area contributed by atoms with Gasteiger partial charge in [0.05, 0.1) is 11.1 Å². The molecule has 0 aromatic heterocycles. The van der Waals surface area contributed by atoms with Crippen LogP contribution in [-0.4, -0.2) is 36.1 Å². The van der Waals surface area contributed by atoms with Crippen molar-refractivity contribution in [3.05, 3.63) is 53.0 Å². The molecule has 0 heterocycles. The molecule has 8 nitrogen and oxygen atoms in total. The normalized spacial score (nSPS) is 10.4. The van der Waals surface area contributed by atoms with E-state index in [0.717, 1.165) is 27.4 Å². The third-order valence-corrected chi connectivity index (χ3v) is 4.42. The van der Waals surface area contributed by atoms with Crippen molar-refractivity contribution in [2.75, 3.05) is 13.2 Å². The zero-order valence-corrected chi connectivity index (χ0v) is 17.8. The second kappa shape index (κ2) is 11.1. The number of nitrogens with one attached hydrogen (secondary N) is 3. The number of carbonyl (C=O) groups is 3. The molecular weight excluding hydrogens is 462 g/mol. The summed E-state index contributed by atoms with van der Waals surface area (Å²) in [6, 6.07) is 11.4. The van der Waals surface area contributed by atoms with Gasteiger partial charge in [0, 0.05) is 12.2 Å². The van der Waals surface area contributed by atoms with Gasteiger partial charge in [-0.15, -0.1) is 0 Å². The van der Waals surface area contributed by atoms with E-state index >= 15 is 0 Å². The lowest BCUT2D eigenvalue weighted by Gasteiger charge is -2.12. The van der Waals surface area contributed by atoms with E-state index in [4.69, 9.17) is 17.0 Å². The molecule has 0 saturated carbocycles. The minimum absolute atomic E-state index is 0.149. The fourth-order valence-electron chi connectivity index (χ4n) is 2.15.